The summed E-state index contributed by atoms with van der Waals surface area (Å²) in [5.74, 6) is -4.12. The average molecular weight is 484 g/mol. The highest BCUT2D eigenvalue weighted by atomic mass is 16.4. The largest absolute Gasteiger partial charge is 0.507 e. The molecule has 0 radical (unpaired) electrons. The molecule has 0 aromatic heterocycles. The number of phenolic OH excluding ortho intramolecular Hbond substituents is 2. The molecule has 4 bridgehead atoms. The fourth-order valence-corrected chi connectivity index (χ4v) is 3.82. The van der Waals surface area contributed by atoms with Crippen LogP contribution in [-0.4, -0.2) is 69.6 Å². The Bertz CT molecular complexity index is 1200. The van der Waals surface area contributed by atoms with Crippen molar-refractivity contribution >= 4 is 23.7 Å². The topological polar surface area (TPSA) is 186 Å². The molecule has 5 N–H and O–H groups in total. The van der Waals surface area contributed by atoms with Gasteiger partial charge in [0, 0.05) is 24.6 Å². The first-order valence-corrected chi connectivity index (χ1v) is 10.6. The minimum absolute atomic E-state index is 0.120. The number of aromatic hydroxyl groups is 2. The zero-order valence-electron chi connectivity index (χ0n) is 18.9. The molecule has 3 atom stereocenters. The molecule has 0 aliphatic carbocycles. The first kappa shape index (κ1) is 25.1. The molecule has 0 saturated heterocycles. The number of amides is 3. The number of carboxylic acid groups (broad SMARTS) is 1. The van der Waals surface area contributed by atoms with Crippen molar-refractivity contribution < 1.29 is 34.5 Å². The van der Waals surface area contributed by atoms with E-state index >= 15 is 0 Å². The molecule has 2 aromatic carbocycles. The number of phenols is 2. The predicted molar refractivity (Wildman–Crippen MR) is 122 cm³/mol. The fraction of sp³-hybridized carbons (Fsp3) is 0.304. The van der Waals surface area contributed by atoms with Gasteiger partial charge in [-0.05, 0) is 42.3 Å². The minimum Gasteiger partial charge on any atom is -0.507 e. The Morgan fingerprint density at radius 3 is 2.29 bits per heavy atom. The number of fused-ring (bicyclic) bond motifs is 5. The lowest BCUT2D eigenvalue weighted by Crippen LogP contribution is -2.53. The number of carbonyl (C=O) groups is 4. The third-order valence-electron chi connectivity index (χ3n) is 5.72. The molecule has 184 valence electrons. The maximum absolute atomic E-state index is 13.2. The standard InChI is InChI=1S/C23H24N4O8/c1-11-21(31)26-16(23(33)34)8-12-3-5-17(28)14(7-12)15-9-13(4-6-18(15)29)20(22(32)25-11)27(2)19(30)10-24-35/h3-7,9,11,16,20,28-29H,8,10H2,1-2H3,(H,25,32)(H,26,31)(H,33,34)/t11-,16?,20-/m0/s1. The first-order chi connectivity index (χ1) is 16.5. The van der Waals surface area contributed by atoms with Gasteiger partial charge in [0.1, 0.15) is 29.6 Å². The van der Waals surface area contributed by atoms with E-state index in [1.165, 1.54) is 50.4 Å². The number of carbonyl (C=O) groups excluding carboxylic acids is 3. The molecule has 0 saturated carbocycles. The van der Waals surface area contributed by atoms with Crippen LogP contribution in [0.3, 0.4) is 0 Å². The van der Waals surface area contributed by atoms with Crippen molar-refractivity contribution in [3.8, 4) is 22.6 Å². The quantitative estimate of drug-likeness (QED) is 0.392. The molecule has 12 nitrogen and oxygen atoms in total. The number of nitrogens with zero attached hydrogens (tertiary/aromatic N) is 2. The van der Waals surface area contributed by atoms with E-state index in [9.17, 15) is 39.4 Å². The molecular weight excluding hydrogens is 460 g/mol. The fourth-order valence-electron chi connectivity index (χ4n) is 3.82. The van der Waals surface area contributed by atoms with E-state index in [1.807, 2.05) is 0 Å². The molecule has 1 unspecified atom stereocenters. The molecule has 0 fully saturated rings. The van der Waals surface area contributed by atoms with Crippen LogP contribution in [0, 0.1) is 4.91 Å². The second-order valence-electron chi connectivity index (χ2n) is 8.16. The molecule has 3 amide bonds. The number of nitrogens with one attached hydrogen (secondary N) is 2. The van der Waals surface area contributed by atoms with Gasteiger partial charge in [0.25, 0.3) is 0 Å². The van der Waals surface area contributed by atoms with Gasteiger partial charge >= 0.3 is 5.97 Å². The van der Waals surface area contributed by atoms with Crippen LogP contribution in [0.4, 0.5) is 0 Å². The summed E-state index contributed by atoms with van der Waals surface area (Å²) in [4.78, 5) is 61.7. The molecule has 1 aliphatic heterocycles. The van der Waals surface area contributed by atoms with Gasteiger partial charge in [-0.2, -0.15) is 4.91 Å². The summed E-state index contributed by atoms with van der Waals surface area (Å²) in [5.41, 5.74) is 0.931. The van der Waals surface area contributed by atoms with E-state index in [2.05, 4.69) is 15.8 Å². The van der Waals surface area contributed by atoms with Crippen LogP contribution in [0.2, 0.25) is 0 Å². The highest BCUT2D eigenvalue weighted by Crippen LogP contribution is 2.38. The lowest BCUT2D eigenvalue weighted by atomic mass is 9.94. The number of carboxylic acids is 1. The highest BCUT2D eigenvalue weighted by Gasteiger charge is 2.33. The second-order valence-corrected chi connectivity index (χ2v) is 8.16. The Morgan fingerprint density at radius 1 is 1.03 bits per heavy atom. The van der Waals surface area contributed by atoms with Crippen LogP contribution in [-0.2, 0) is 25.6 Å². The summed E-state index contributed by atoms with van der Waals surface area (Å²) in [6, 6.07) is 4.46. The molecule has 0 spiro atoms. The van der Waals surface area contributed by atoms with E-state index in [4.69, 9.17) is 0 Å². The summed E-state index contributed by atoms with van der Waals surface area (Å²) in [5, 5.41) is 38.0. The minimum atomic E-state index is -1.35. The molecule has 35 heavy (non-hydrogen) atoms. The predicted octanol–water partition coefficient (Wildman–Crippen LogP) is 0.661. The monoisotopic (exact) mass is 484 g/mol. The summed E-state index contributed by atoms with van der Waals surface area (Å²) in [6.45, 7) is 0.620. The third kappa shape index (κ3) is 5.37. The molecule has 1 aliphatic rings. The zero-order valence-corrected chi connectivity index (χ0v) is 18.9. The number of aliphatic carboxylic acids is 1. The van der Waals surface area contributed by atoms with Crippen LogP contribution >= 0.6 is 0 Å². The van der Waals surface area contributed by atoms with Gasteiger partial charge in [-0.15, -0.1) is 0 Å². The third-order valence-corrected chi connectivity index (χ3v) is 5.72. The number of hydrogen-bond acceptors (Lipinski definition) is 8. The van der Waals surface area contributed by atoms with Crippen LogP contribution in [0.25, 0.3) is 11.1 Å². The zero-order chi connectivity index (χ0) is 25.9. The summed E-state index contributed by atoms with van der Waals surface area (Å²) < 4.78 is 0. The van der Waals surface area contributed by atoms with Crippen LogP contribution in [0.1, 0.15) is 24.1 Å². The van der Waals surface area contributed by atoms with Crippen molar-refractivity contribution in [2.24, 2.45) is 5.18 Å². The molecule has 1 heterocycles. The molecule has 2 aromatic rings. The van der Waals surface area contributed by atoms with Crippen LogP contribution in [0.15, 0.2) is 41.6 Å². The number of nitroso groups, excluding NO2 is 1. The van der Waals surface area contributed by atoms with E-state index in [1.54, 1.807) is 0 Å². The van der Waals surface area contributed by atoms with Crippen molar-refractivity contribution in [3.05, 3.63) is 52.4 Å². The van der Waals surface area contributed by atoms with Gasteiger partial charge in [-0.3, -0.25) is 14.4 Å². The van der Waals surface area contributed by atoms with E-state index < -0.39 is 48.4 Å². The SMILES string of the molecule is C[C@@H]1NC(=O)[C@@H](N(C)C(=O)CN=O)c2ccc(O)c(c2)-c2cc(ccc2O)CC(C(=O)O)NC1=O. The number of hydrogen-bond donors (Lipinski definition) is 5. The normalized spacial score (nSPS) is 20.1. The van der Waals surface area contributed by atoms with E-state index in [0.29, 0.717) is 5.56 Å². The molecular formula is C23H24N4O8. The number of rotatable bonds is 4. The van der Waals surface area contributed by atoms with Gasteiger partial charge < -0.3 is 30.9 Å². The smallest absolute Gasteiger partial charge is 0.326 e. The van der Waals surface area contributed by atoms with E-state index in [0.717, 1.165) is 4.90 Å². The highest BCUT2D eigenvalue weighted by molar-refractivity contribution is 5.94. The Labute approximate surface area is 199 Å². The Hall–Kier alpha value is -4.48. The van der Waals surface area contributed by atoms with Gasteiger partial charge in [-0.25, -0.2) is 4.79 Å². The average Bonchev–Trinajstić information content (AvgIpc) is 2.80. The van der Waals surface area contributed by atoms with Crippen LogP contribution in [0.5, 0.6) is 11.5 Å². The lowest BCUT2D eigenvalue weighted by molar-refractivity contribution is -0.142. The van der Waals surface area contributed by atoms with E-state index in [-0.39, 0.29) is 34.6 Å². The number of likely N-dealkylation sites (N-methyl/N-ethyl adjacent to an activating group) is 1. The van der Waals surface area contributed by atoms with Gasteiger partial charge in [0.05, 0.1) is 0 Å². The first-order valence-electron chi connectivity index (χ1n) is 10.6. The van der Waals surface area contributed by atoms with Crippen molar-refractivity contribution in [1.29, 1.82) is 0 Å². The lowest BCUT2D eigenvalue weighted by Gasteiger charge is -2.29. The maximum Gasteiger partial charge on any atom is 0.326 e. The van der Waals surface area contributed by atoms with Crippen molar-refractivity contribution in [1.82, 2.24) is 15.5 Å². The summed E-state index contributed by atoms with van der Waals surface area (Å²) in [6.07, 6.45) is -0.131. The number of benzene rings is 2. The second kappa shape index (κ2) is 10.2. The van der Waals surface area contributed by atoms with Crippen LogP contribution < -0.4 is 10.6 Å². The van der Waals surface area contributed by atoms with Crippen molar-refractivity contribution in [3.63, 3.8) is 0 Å². The van der Waals surface area contributed by atoms with Gasteiger partial charge in [0.15, 0.2) is 6.54 Å². The van der Waals surface area contributed by atoms with Crippen molar-refractivity contribution in [2.75, 3.05) is 13.6 Å². The molecule has 12 heteroatoms. The summed E-state index contributed by atoms with van der Waals surface area (Å²) >= 11 is 0. The maximum atomic E-state index is 13.2. The Kier molecular flexibility index (Phi) is 7.33. The van der Waals surface area contributed by atoms with Crippen molar-refractivity contribution in [2.45, 2.75) is 31.5 Å². The Balaban J connectivity index is 2.23. The Morgan fingerprint density at radius 2 is 1.66 bits per heavy atom. The van der Waals surface area contributed by atoms with Gasteiger partial charge in [0.2, 0.25) is 17.7 Å². The summed E-state index contributed by atoms with van der Waals surface area (Å²) in [7, 11) is 1.27. The molecule has 3 rings (SSSR count). The van der Waals surface area contributed by atoms with Gasteiger partial charge in [-0.1, -0.05) is 17.3 Å².